The van der Waals surface area contributed by atoms with Gasteiger partial charge in [0.25, 0.3) is 6.85 Å². The number of anilines is 1. The summed E-state index contributed by atoms with van der Waals surface area (Å²) >= 11 is 0. The summed E-state index contributed by atoms with van der Waals surface area (Å²) in [5.41, 5.74) is 24.1. The van der Waals surface area contributed by atoms with Crippen LogP contribution in [0.2, 0.25) is 90.0 Å². The van der Waals surface area contributed by atoms with Crippen molar-refractivity contribution < 1.29 is 126 Å². The first-order valence-electron chi connectivity index (χ1n) is 44.0. The Morgan fingerprint density at radius 2 is 0.651 bits per heavy atom. The quantitative estimate of drug-likeness (QED) is 0.112. The van der Waals surface area contributed by atoms with Crippen molar-refractivity contribution in [2.24, 2.45) is 0 Å². The first-order chi connectivity index (χ1) is 57.5. The maximum Gasteiger partial charge on any atom is 0.250 e. The van der Waals surface area contributed by atoms with Gasteiger partial charge in [-0.2, -0.15) is 17.1 Å². The molecule has 0 N–H and O–H groups in total. The third-order valence-electron chi connectivity index (χ3n) is 28.1. The molecule has 0 saturated carbocycles. The smallest absolute Gasteiger partial charge is 0.250 e. The third-order valence-corrected chi connectivity index (χ3v) is 43.0. The molecule has 0 bridgehead atoms. The van der Waals surface area contributed by atoms with Crippen molar-refractivity contribution in [3.8, 4) is 0 Å². The summed E-state index contributed by atoms with van der Waals surface area (Å²) in [5, 5.41) is 50.5. The number of rotatable bonds is 11. The zero-order valence-electron chi connectivity index (χ0n) is 77.5. The molecule has 0 amide bonds. The van der Waals surface area contributed by atoms with Crippen LogP contribution in [0.5, 0.6) is 0 Å². The number of aryl methyl sites for hydroxylation is 2. The van der Waals surface area contributed by atoms with Gasteiger partial charge in [-0.05, 0) is 102 Å². The second-order valence-corrected chi connectivity index (χ2v) is 48.6. The van der Waals surface area contributed by atoms with Crippen LogP contribution in [0.15, 0.2) is 213 Å². The van der Waals surface area contributed by atoms with Gasteiger partial charge in [0.05, 0.1) is 0 Å². The Bertz CT molecular complexity index is 4820. The van der Waals surface area contributed by atoms with Crippen molar-refractivity contribution in [3.05, 3.63) is 270 Å². The summed E-state index contributed by atoms with van der Waals surface area (Å²) in [6, 6.07) is 65.2. The minimum atomic E-state index is 0. The molecule has 6 radical (unpaired) electrons. The Morgan fingerprint density at radius 1 is 0.317 bits per heavy atom. The number of nitrogens with zero attached hydrogens (tertiary/aromatic N) is 18. The van der Waals surface area contributed by atoms with Gasteiger partial charge in [-0.1, -0.05) is 337 Å². The van der Waals surface area contributed by atoms with E-state index in [1.807, 2.05) is 37.9 Å². The molecule has 42 heteroatoms. The van der Waals surface area contributed by atoms with Gasteiger partial charge in [-0.25, -0.2) is 0 Å². The summed E-state index contributed by atoms with van der Waals surface area (Å²) in [5.74, 6) is 0. The van der Waals surface area contributed by atoms with Crippen molar-refractivity contribution in [1.82, 2.24) is 84.8 Å². The van der Waals surface area contributed by atoms with Gasteiger partial charge < -0.3 is 89.5 Å². The molecule has 5 aromatic carbocycles. The van der Waals surface area contributed by atoms with E-state index < -0.39 is 0 Å². The van der Waals surface area contributed by atoms with Gasteiger partial charge in [-0.3, -0.25) is 0 Å². The summed E-state index contributed by atoms with van der Waals surface area (Å²) in [7, 11) is 10.9. The van der Waals surface area contributed by atoms with E-state index >= 15 is 0 Å². The standard InChI is InChI=1S/C24H23B2N3Si.C17H25B2N3Si.C14H19B2N3Si.2C10H19B2N3Si.C9H17B2N3Si.6Pt/c1-29-25(20-13-7-3-8-14-20)23(19-11-5-2-6-12-19)30-24(22-17-18-27-28-22)26(29)21-15-9-4-10-16-21;1-17(2,3)22-18(4)15(13-9-7-6-8-10-13)23-16(19(22)5)14-11-12-20-21-14;1-11-15(2)19(12-7-5-4-6-8-12)16(3)14(20-11)13-9-10-17-18-13;1-7-6-13-14-9(7)10-12(4)15(5)11(3)8(2)16-10;1-7-6-9(14-13-7)10-12(4)15(5)11(3)8(2)16-10;1-7-10(2)14(4)11(3)9(15-7)8-5-6-12-13-8;;;;;;/h2-18,23-24,30H,1H3;6-12,15-16,23H,1-5H3;4-11,14,20H,1-3H3;2*6,8,10,16H,1-5H3;5-7,9,15H,1-4H3;;;;;;/q6*-1;;;;;;. The summed E-state index contributed by atoms with van der Waals surface area (Å²) < 4.78 is 15.3. The second kappa shape index (κ2) is 52.3. The molecule has 17 rings (SSSR count). The Kier molecular flexibility index (Phi) is 46.5. The summed E-state index contributed by atoms with van der Waals surface area (Å²) in [6.07, 6.45) is 9.18. The number of benzene rings is 5. The molecule has 6 saturated heterocycles. The molecule has 0 aliphatic carbocycles. The molecular formula is C84H122B12N18Pt6Si6-6. The van der Waals surface area contributed by atoms with E-state index in [-0.39, 0.29) is 158 Å². The minimum absolute atomic E-state index is 0. The monoisotopic (exact) mass is 2850 g/mol. The van der Waals surface area contributed by atoms with Crippen molar-refractivity contribution in [1.29, 1.82) is 0 Å². The van der Waals surface area contributed by atoms with Crippen LogP contribution in [-0.2, 0) is 126 Å². The van der Waals surface area contributed by atoms with Gasteiger partial charge in [0, 0.05) is 226 Å². The van der Waals surface area contributed by atoms with Crippen LogP contribution in [0.1, 0.15) is 149 Å². The third kappa shape index (κ3) is 27.1. The van der Waals surface area contributed by atoms with Crippen molar-refractivity contribution >= 4 is 156 Å². The summed E-state index contributed by atoms with van der Waals surface area (Å²) in [4.78, 5) is 0. The van der Waals surface area contributed by atoms with Gasteiger partial charge in [0.15, 0.2) is 0 Å². The number of aromatic nitrogens is 12. The van der Waals surface area contributed by atoms with Gasteiger partial charge >= 0.3 is 0 Å². The summed E-state index contributed by atoms with van der Waals surface area (Å²) in [6.45, 7) is 50.7. The van der Waals surface area contributed by atoms with Crippen molar-refractivity contribution in [2.45, 2.75) is 201 Å². The largest absolute Gasteiger partial charge is 0.579 e. The van der Waals surface area contributed by atoms with E-state index in [0.29, 0.717) is 157 Å². The van der Waals surface area contributed by atoms with Crippen LogP contribution in [0.25, 0.3) is 0 Å². The molecular weight excluding hydrogens is 2730 g/mol. The average Bonchev–Trinajstić information content (AvgIpc) is 1.07. The van der Waals surface area contributed by atoms with E-state index in [9.17, 15) is 0 Å². The molecule has 6 aromatic heterocycles. The number of hydrogen-bond donors (Lipinski definition) is 0. The molecule has 0 spiro atoms. The molecule has 6 aliphatic heterocycles. The minimum Gasteiger partial charge on any atom is -0.579 e. The topological polar surface area (TPSA) is 181 Å². The number of para-hydroxylation sites is 1. The molecule has 126 heavy (non-hydrogen) atoms. The Balaban J connectivity index is 0.000000235. The van der Waals surface area contributed by atoms with Gasteiger partial charge in [-0.15, -0.1) is 17.1 Å². The van der Waals surface area contributed by atoms with Crippen molar-refractivity contribution in [2.75, 3.05) is 32.9 Å². The molecule has 18 nitrogen and oxygen atoms in total. The first kappa shape index (κ1) is 112. The Hall–Kier alpha value is -2.83. The van der Waals surface area contributed by atoms with Crippen LogP contribution in [-0.4, -0.2) is 227 Å². The molecule has 12 heterocycles. The normalized spacial score (nSPS) is 23.1. The molecule has 674 valence electrons. The molecule has 11 aromatic rings. The van der Waals surface area contributed by atoms with Crippen LogP contribution >= 0.6 is 0 Å². The fourth-order valence-corrected chi connectivity index (χ4v) is 33.9. The Labute approximate surface area is 861 Å². The zero-order chi connectivity index (χ0) is 85.8. The van der Waals surface area contributed by atoms with E-state index in [0.717, 1.165) is 33.1 Å². The molecule has 6 fully saturated rings. The van der Waals surface area contributed by atoms with E-state index in [2.05, 4.69) is 423 Å². The van der Waals surface area contributed by atoms with Crippen molar-refractivity contribution in [3.63, 3.8) is 0 Å². The number of hydrogen-bond acceptors (Lipinski definition) is 12. The van der Waals surface area contributed by atoms with E-state index in [4.69, 9.17) is 0 Å². The van der Waals surface area contributed by atoms with Gasteiger partial charge in [0.2, 0.25) is 75.3 Å². The zero-order valence-corrected chi connectivity index (χ0v) is 98.0. The molecule has 6 aliphatic rings. The predicted molar refractivity (Wildman–Crippen MR) is 532 cm³/mol. The fraction of sp³-hybridized carbons (Fsp3) is 0.429. The first-order valence-corrected chi connectivity index (χ1v) is 52.0. The Morgan fingerprint density at radius 3 is 1.03 bits per heavy atom. The predicted octanol–water partition coefficient (Wildman–Crippen LogP) is 9.31. The molecule has 12 unspecified atom stereocenters. The molecule has 12 atom stereocenters. The van der Waals surface area contributed by atoms with E-state index in [1.54, 1.807) is 0 Å². The van der Waals surface area contributed by atoms with Crippen LogP contribution < -0.4 is 46.2 Å². The van der Waals surface area contributed by atoms with Crippen LogP contribution in [0, 0.1) is 13.8 Å². The SMILES string of the molecule is CB1C(C)[SiH]C(c2[n-]ncc2C)B(C)N1C.CB1C(C)[SiH]C(c2cc(C)n[n-]2)B(C)N1C.CB1C(C)[SiH]C(c2ccn[n-]2)B(C)N1C.CB1C(C)[SiH]C(c2ccn[n-]2)B(C)N1c1ccccc1.CB1C(c2ccccc2)[SiH]C(c2ccn[n-]2)B(C)N1C(C)(C)C.CN1B(c2ccccc2)C(c2ccccc2)[SiH]C(c2ccn[n-]2)B1c1ccccc1.[Pt].[Pt].[Pt].[Pt].[Pt].[Pt]. The van der Waals surface area contributed by atoms with Crippen LogP contribution in [0.3, 0.4) is 0 Å². The maximum absolute atomic E-state index is 4.52. The van der Waals surface area contributed by atoms with Gasteiger partial charge in [0.1, 0.15) is 0 Å². The average molecular weight is 2850 g/mol. The van der Waals surface area contributed by atoms with E-state index in [1.165, 1.54) is 61.8 Å². The van der Waals surface area contributed by atoms with Crippen LogP contribution in [0.4, 0.5) is 5.69 Å². The maximum atomic E-state index is 4.52. The fourth-order valence-electron chi connectivity index (χ4n) is 20.1. The second-order valence-electron chi connectivity index (χ2n) is 36.4.